The molecule has 64 heavy (non-hydrogen) atoms. The Labute approximate surface area is 399 Å². The van der Waals surface area contributed by atoms with Gasteiger partial charge in [0.05, 0.1) is 25.4 Å². The zero-order valence-corrected chi connectivity index (χ0v) is 43.3. The van der Waals surface area contributed by atoms with E-state index in [0.717, 1.165) is 57.8 Å². The Balaban J connectivity index is 3.47. The van der Waals surface area contributed by atoms with Crippen LogP contribution in [0, 0.1) is 0 Å². The molecule has 0 aliphatic rings. The monoisotopic (exact) mass is 904 g/mol. The van der Waals surface area contributed by atoms with E-state index in [2.05, 4.69) is 19.2 Å². The molecule has 380 valence electrons. The molecule has 0 radical (unpaired) electrons. The highest BCUT2D eigenvalue weighted by Crippen LogP contribution is 2.17. The van der Waals surface area contributed by atoms with Crippen LogP contribution in [0.3, 0.4) is 0 Å². The summed E-state index contributed by atoms with van der Waals surface area (Å²) < 4.78 is 5.48. The number of amides is 1. The zero-order chi connectivity index (χ0) is 46.5. The second-order valence-electron chi connectivity index (χ2n) is 20.0. The van der Waals surface area contributed by atoms with Crippen LogP contribution < -0.4 is 5.32 Å². The fraction of sp³-hybridized carbons (Fsp3) is 0.931. The van der Waals surface area contributed by atoms with Gasteiger partial charge in [0.1, 0.15) is 0 Å². The zero-order valence-electron chi connectivity index (χ0n) is 43.3. The number of unbranched alkanes of at least 4 members (excludes halogenated alkanes) is 43. The highest BCUT2D eigenvalue weighted by molar-refractivity contribution is 5.76. The summed E-state index contributed by atoms with van der Waals surface area (Å²) in [6.07, 6.45) is 63.7. The SMILES string of the molecule is CCCCCCCCCCCCCCCCCCC/C=C/C(O)C(CO)NC(=O)CCCCCCCCCCCCCCOC(=O)CCCCCCCCCCCCCCCCCC. The number of carbonyl (C=O) groups is 2. The van der Waals surface area contributed by atoms with E-state index in [1.54, 1.807) is 6.08 Å². The molecule has 3 N–H and O–H groups in total. The topological polar surface area (TPSA) is 95.9 Å². The van der Waals surface area contributed by atoms with Crippen LogP contribution in [0.15, 0.2) is 12.2 Å². The van der Waals surface area contributed by atoms with E-state index in [9.17, 15) is 19.8 Å². The number of hydrogen-bond acceptors (Lipinski definition) is 5. The minimum Gasteiger partial charge on any atom is -0.466 e. The van der Waals surface area contributed by atoms with E-state index in [0.29, 0.717) is 19.4 Å². The molecule has 1 amide bonds. The molecule has 0 bridgehead atoms. The van der Waals surface area contributed by atoms with E-state index in [4.69, 9.17) is 4.74 Å². The van der Waals surface area contributed by atoms with Gasteiger partial charge in [0, 0.05) is 12.8 Å². The molecule has 2 unspecified atom stereocenters. The fourth-order valence-electron chi connectivity index (χ4n) is 9.11. The standard InChI is InChI=1S/C58H113NO5/c1-3-5-7-9-11-13-15-17-19-21-22-23-24-26-30-34-38-42-46-50-56(61)55(54-60)59-57(62)51-47-43-39-35-31-28-29-33-37-41-45-49-53-64-58(63)52-48-44-40-36-32-27-25-20-18-16-14-12-10-8-6-4-2/h46,50,55-56,60-61H,3-45,47-49,51-54H2,1-2H3,(H,59,62)/b50-46+. The molecule has 0 aromatic carbocycles. The molecule has 0 fully saturated rings. The van der Waals surface area contributed by atoms with Gasteiger partial charge in [-0.25, -0.2) is 0 Å². The van der Waals surface area contributed by atoms with Crippen LogP contribution in [0.1, 0.15) is 322 Å². The van der Waals surface area contributed by atoms with Crippen LogP contribution in [0.5, 0.6) is 0 Å². The number of aliphatic hydroxyl groups is 2. The first-order valence-electron chi connectivity index (χ1n) is 29.0. The van der Waals surface area contributed by atoms with Crippen LogP contribution in [-0.4, -0.2) is 47.4 Å². The number of esters is 1. The van der Waals surface area contributed by atoms with E-state index in [-0.39, 0.29) is 18.5 Å². The normalized spacial score (nSPS) is 12.6. The molecule has 0 aromatic rings. The van der Waals surface area contributed by atoms with Gasteiger partial charge >= 0.3 is 5.97 Å². The lowest BCUT2D eigenvalue weighted by molar-refractivity contribution is -0.143. The van der Waals surface area contributed by atoms with Crippen molar-refractivity contribution in [1.82, 2.24) is 5.32 Å². The number of aliphatic hydroxyl groups excluding tert-OH is 2. The lowest BCUT2D eigenvalue weighted by Crippen LogP contribution is -2.45. The first-order chi connectivity index (χ1) is 31.5. The molecule has 0 aromatic heterocycles. The number of nitrogens with one attached hydrogen (secondary N) is 1. The third kappa shape index (κ3) is 50.0. The Morgan fingerprint density at radius 2 is 0.719 bits per heavy atom. The molecule has 0 rings (SSSR count). The van der Waals surface area contributed by atoms with Crippen molar-refractivity contribution in [1.29, 1.82) is 0 Å². The van der Waals surface area contributed by atoms with E-state index < -0.39 is 12.1 Å². The number of rotatable bonds is 54. The number of ether oxygens (including phenoxy) is 1. The molecule has 6 nitrogen and oxygen atoms in total. The van der Waals surface area contributed by atoms with Crippen molar-refractivity contribution in [2.24, 2.45) is 0 Å². The van der Waals surface area contributed by atoms with Crippen LogP contribution in [-0.2, 0) is 14.3 Å². The molecule has 0 saturated heterocycles. The van der Waals surface area contributed by atoms with Crippen molar-refractivity contribution in [2.45, 2.75) is 334 Å². The van der Waals surface area contributed by atoms with Crippen molar-refractivity contribution in [3.63, 3.8) is 0 Å². The number of carbonyl (C=O) groups excluding carboxylic acids is 2. The molecular formula is C58H113NO5. The molecule has 2 atom stereocenters. The maximum absolute atomic E-state index is 12.5. The minimum absolute atomic E-state index is 0.00658. The predicted molar refractivity (Wildman–Crippen MR) is 278 cm³/mol. The summed E-state index contributed by atoms with van der Waals surface area (Å²) in [7, 11) is 0. The van der Waals surface area contributed by atoms with Crippen LogP contribution in [0.4, 0.5) is 0 Å². The summed E-state index contributed by atoms with van der Waals surface area (Å²) in [6.45, 7) is 4.90. The van der Waals surface area contributed by atoms with Gasteiger partial charge in [-0.15, -0.1) is 0 Å². The molecule has 0 heterocycles. The van der Waals surface area contributed by atoms with Gasteiger partial charge in [-0.3, -0.25) is 9.59 Å². The number of allylic oxidation sites excluding steroid dienone is 1. The number of hydrogen-bond donors (Lipinski definition) is 3. The van der Waals surface area contributed by atoms with E-state index in [1.807, 2.05) is 6.08 Å². The van der Waals surface area contributed by atoms with E-state index >= 15 is 0 Å². The van der Waals surface area contributed by atoms with Crippen molar-refractivity contribution < 1.29 is 24.5 Å². The average Bonchev–Trinajstić information content (AvgIpc) is 3.29. The third-order valence-corrected chi connectivity index (χ3v) is 13.6. The molecular weight excluding hydrogens is 791 g/mol. The maximum atomic E-state index is 12.5. The summed E-state index contributed by atoms with van der Waals surface area (Å²) in [4.78, 5) is 24.5. The van der Waals surface area contributed by atoms with E-state index in [1.165, 1.54) is 238 Å². The average molecular weight is 905 g/mol. The van der Waals surface area contributed by atoms with Crippen LogP contribution in [0.25, 0.3) is 0 Å². The predicted octanol–water partition coefficient (Wildman–Crippen LogP) is 17.7. The Hall–Kier alpha value is -1.40. The van der Waals surface area contributed by atoms with Gasteiger partial charge in [-0.1, -0.05) is 289 Å². The molecule has 6 heteroatoms. The molecule has 0 spiro atoms. The minimum atomic E-state index is -0.854. The summed E-state index contributed by atoms with van der Waals surface area (Å²) in [5.74, 6) is -0.0868. The Bertz CT molecular complexity index is 955. The fourth-order valence-corrected chi connectivity index (χ4v) is 9.11. The van der Waals surface area contributed by atoms with Gasteiger partial charge in [-0.05, 0) is 32.1 Å². The molecule has 0 aliphatic heterocycles. The van der Waals surface area contributed by atoms with Crippen molar-refractivity contribution in [3.05, 3.63) is 12.2 Å². The Kier molecular flexibility index (Phi) is 53.0. The second kappa shape index (κ2) is 54.2. The Morgan fingerprint density at radius 1 is 0.422 bits per heavy atom. The van der Waals surface area contributed by atoms with Crippen molar-refractivity contribution >= 4 is 11.9 Å². The lowest BCUT2D eigenvalue weighted by Gasteiger charge is -2.20. The quantitative estimate of drug-likeness (QED) is 0.0321. The maximum Gasteiger partial charge on any atom is 0.305 e. The highest BCUT2D eigenvalue weighted by atomic mass is 16.5. The third-order valence-electron chi connectivity index (χ3n) is 13.6. The first-order valence-corrected chi connectivity index (χ1v) is 29.0. The van der Waals surface area contributed by atoms with Gasteiger partial charge in [0.2, 0.25) is 5.91 Å². The van der Waals surface area contributed by atoms with Gasteiger partial charge in [0.15, 0.2) is 0 Å². The van der Waals surface area contributed by atoms with Crippen molar-refractivity contribution in [3.8, 4) is 0 Å². The summed E-state index contributed by atoms with van der Waals surface area (Å²) >= 11 is 0. The largest absolute Gasteiger partial charge is 0.466 e. The lowest BCUT2D eigenvalue weighted by atomic mass is 10.0. The van der Waals surface area contributed by atoms with Gasteiger partial charge in [0.25, 0.3) is 0 Å². The summed E-state index contributed by atoms with van der Waals surface area (Å²) in [5, 5.41) is 23.1. The summed E-state index contributed by atoms with van der Waals surface area (Å²) in [6, 6.07) is -0.639. The van der Waals surface area contributed by atoms with Crippen molar-refractivity contribution in [2.75, 3.05) is 13.2 Å². The highest BCUT2D eigenvalue weighted by Gasteiger charge is 2.18. The van der Waals surface area contributed by atoms with Crippen LogP contribution in [0.2, 0.25) is 0 Å². The van der Waals surface area contributed by atoms with Crippen LogP contribution >= 0.6 is 0 Å². The second-order valence-corrected chi connectivity index (χ2v) is 20.0. The first kappa shape index (κ1) is 62.6. The molecule has 0 saturated carbocycles. The molecule has 0 aliphatic carbocycles. The van der Waals surface area contributed by atoms with Gasteiger partial charge < -0.3 is 20.3 Å². The smallest absolute Gasteiger partial charge is 0.305 e. The summed E-state index contributed by atoms with van der Waals surface area (Å²) in [5.41, 5.74) is 0. The Morgan fingerprint density at radius 3 is 1.06 bits per heavy atom. The van der Waals surface area contributed by atoms with Gasteiger partial charge in [-0.2, -0.15) is 0 Å².